The number of fused-ring (bicyclic) bond motifs is 1. The number of carboxylic acids is 1. The zero-order valence-electron chi connectivity index (χ0n) is 12.0. The van der Waals surface area contributed by atoms with E-state index in [2.05, 4.69) is 0 Å². The molecular formula is C19H13ClO3. The second kappa shape index (κ2) is 6.15. The van der Waals surface area contributed by atoms with Crippen molar-refractivity contribution in [2.75, 3.05) is 0 Å². The van der Waals surface area contributed by atoms with E-state index < -0.39 is 5.97 Å². The van der Waals surface area contributed by atoms with Crippen LogP contribution in [0.25, 0.3) is 22.9 Å². The van der Waals surface area contributed by atoms with Crippen LogP contribution in [0.4, 0.5) is 0 Å². The lowest BCUT2D eigenvalue weighted by Gasteiger charge is -2.05. The van der Waals surface area contributed by atoms with Crippen LogP contribution in [0.2, 0.25) is 5.02 Å². The minimum absolute atomic E-state index is 0.161. The second-order valence-electron chi connectivity index (χ2n) is 5.13. The summed E-state index contributed by atoms with van der Waals surface area (Å²) in [6.45, 7) is 0. The molecule has 0 atom stereocenters. The maximum Gasteiger partial charge on any atom is 0.340 e. The number of hydrogen-bond donors (Lipinski definition) is 2. The molecule has 114 valence electrons. The van der Waals surface area contributed by atoms with E-state index in [1.54, 1.807) is 12.2 Å². The number of aromatic carboxylic acids is 1. The maximum absolute atomic E-state index is 11.3. The van der Waals surface area contributed by atoms with Gasteiger partial charge in [-0.25, -0.2) is 4.79 Å². The quantitative estimate of drug-likeness (QED) is 0.661. The Bertz CT molecular complexity index is 929. The monoisotopic (exact) mass is 324 g/mol. The number of benzene rings is 3. The molecule has 0 saturated carbocycles. The molecule has 3 nitrogen and oxygen atoms in total. The van der Waals surface area contributed by atoms with E-state index >= 15 is 0 Å². The van der Waals surface area contributed by atoms with Gasteiger partial charge in [0.05, 0.1) is 0 Å². The van der Waals surface area contributed by atoms with Crippen LogP contribution in [-0.4, -0.2) is 16.2 Å². The zero-order valence-corrected chi connectivity index (χ0v) is 12.8. The average Bonchev–Trinajstić information content (AvgIpc) is 2.51. The van der Waals surface area contributed by atoms with Crippen molar-refractivity contribution in [1.82, 2.24) is 0 Å². The molecular weight excluding hydrogens is 312 g/mol. The largest absolute Gasteiger partial charge is 0.507 e. The van der Waals surface area contributed by atoms with Crippen LogP contribution >= 0.6 is 11.6 Å². The number of aromatic hydroxyl groups is 1. The molecule has 0 aliphatic carbocycles. The van der Waals surface area contributed by atoms with Gasteiger partial charge in [0, 0.05) is 5.02 Å². The van der Waals surface area contributed by atoms with Gasteiger partial charge in [-0.1, -0.05) is 60.2 Å². The van der Waals surface area contributed by atoms with Crippen LogP contribution in [0.1, 0.15) is 21.5 Å². The Balaban J connectivity index is 2.03. The first kappa shape index (κ1) is 15.1. The molecule has 2 N–H and O–H groups in total. The van der Waals surface area contributed by atoms with Gasteiger partial charge in [0.1, 0.15) is 11.3 Å². The third-order valence-electron chi connectivity index (χ3n) is 3.56. The first-order chi connectivity index (χ1) is 11.0. The summed E-state index contributed by atoms with van der Waals surface area (Å²) in [5, 5.41) is 21.5. The predicted octanol–water partition coefficient (Wildman–Crippen LogP) is 5.07. The van der Waals surface area contributed by atoms with Gasteiger partial charge in [-0.2, -0.15) is 0 Å². The molecule has 0 aliphatic rings. The highest BCUT2D eigenvalue weighted by atomic mass is 35.5. The lowest BCUT2D eigenvalue weighted by molar-refractivity contribution is 0.0693. The standard InChI is InChI=1S/C19H13ClO3/c20-16-10-15(18(19(22)23)17(21)11-16)8-6-12-5-7-13-3-1-2-4-14(13)9-12/h1-11,21H,(H,22,23). The topological polar surface area (TPSA) is 57.5 Å². The summed E-state index contributed by atoms with van der Waals surface area (Å²) in [7, 11) is 0. The molecule has 4 heteroatoms. The van der Waals surface area contributed by atoms with Crippen LogP contribution in [0.3, 0.4) is 0 Å². The van der Waals surface area contributed by atoms with Crippen molar-refractivity contribution < 1.29 is 15.0 Å². The molecule has 0 heterocycles. The minimum Gasteiger partial charge on any atom is -0.507 e. The highest BCUT2D eigenvalue weighted by Crippen LogP contribution is 2.28. The van der Waals surface area contributed by atoms with Crippen LogP contribution in [0.5, 0.6) is 5.75 Å². The zero-order chi connectivity index (χ0) is 16.4. The van der Waals surface area contributed by atoms with Crippen LogP contribution in [0.15, 0.2) is 54.6 Å². The van der Waals surface area contributed by atoms with Gasteiger partial charge < -0.3 is 10.2 Å². The Labute approximate surface area is 138 Å². The molecule has 23 heavy (non-hydrogen) atoms. The van der Waals surface area contributed by atoms with Gasteiger partial charge in [-0.3, -0.25) is 0 Å². The summed E-state index contributed by atoms with van der Waals surface area (Å²) < 4.78 is 0. The maximum atomic E-state index is 11.3. The van der Waals surface area contributed by atoms with E-state index in [4.69, 9.17) is 11.6 Å². The second-order valence-corrected chi connectivity index (χ2v) is 5.57. The smallest absolute Gasteiger partial charge is 0.340 e. The van der Waals surface area contributed by atoms with Crippen molar-refractivity contribution >= 4 is 40.5 Å². The molecule has 0 unspecified atom stereocenters. The summed E-state index contributed by atoms with van der Waals surface area (Å²) in [5.41, 5.74) is 1.13. The highest BCUT2D eigenvalue weighted by Gasteiger charge is 2.14. The third-order valence-corrected chi connectivity index (χ3v) is 3.77. The molecule has 0 bridgehead atoms. The molecule has 3 rings (SSSR count). The van der Waals surface area contributed by atoms with Gasteiger partial charge in [-0.15, -0.1) is 0 Å². The third kappa shape index (κ3) is 3.20. The molecule has 0 amide bonds. The summed E-state index contributed by atoms with van der Waals surface area (Å²) in [6, 6.07) is 16.7. The van der Waals surface area contributed by atoms with Crippen LogP contribution in [0, 0.1) is 0 Å². The number of hydrogen-bond acceptors (Lipinski definition) is 2. The molecule has 0 saturated heterocycles. The fraction of sp³-hybridized carbons (Fsp3) is 0. The molecule has 0 spiro atoms. The lowest BCUT2D eigenvalue weighted by atomic mass is 10.0. The van der Waals surface area contributed by atoms with Crippen LogP contribution in [-0.2, 0) is 0 Å². The van der Waals surface area contributed by atoms with E-state index in [0.717, 1.165) is 16.3 Å². The Hall–Kier alpha value is -2.78. The Morgan fingerprint density at radius 2 is 1.70 bits per heavy atom. The van der Waals surface area contributed by atoms with Gasteiger partial charge >= 0.3 is 5.97 Å². The van der Waals surface area contributed by atoms with Crippen molar-refractivity contribution in [3.05, 3.63) is 76.3 Å². The van der Waals surface area contributed by atoms with Crippen molar-refractivity contribution in [3.63, 3.8) is 0 Å². The predicted molar refractivity (Wildman–Crippen MR) is 93.0 cm³/mol. The summed E-state index contributed by atoms with van der Waals surface area (Å²) in [5.74, 6) is -1.54. The van der Waals surface area contributed by atoms with Gasteiger partial charge in [0.2, 0.25) is 0 Å². The van der Waals surface area contributed by atoms with Crippen molar-refractivity contribution in [2.24, 2.45) is 0 Å². The summed E-state index contributed by atoms with van der Waals surface area (Å²) in [4.78, 5) is 11.3. The summed E-state index contributed by atoms with van der Waals surface area (Å²) in [6.07, 6.45) is 3.43. The lowest BCUT2D eigenvalue weighted by Crippen LogP contribution is -2.00. The first-order valence-corrected chi connectivity index (χ1v) is 7.35. The minimum atomic E-state index is -1.20. The fourth-order valence-corrected chi connectivity index (χ4v) is 2.70. The van der Waals surface area contributed by atoms with E-state index in [1.165, 1.54) is 12.1 Å². The Morgan fingerprint density at radius 1 is 0.957 bits per heavy atom. The number of carbonyl (C=O) groups is 1. The number of rotatable bonds is 3. The molecule has 0 radical (unpaired) electrons. The van der Waals surface area contributed by atoms with E-state index in [9.17, 15) is 15.0 Å². The molecule has 3 aromatic carbocycles. The SMILES string of the molecule is O=C(O)c1c(O)cc(Cl)cc1C=Cc1ccc2ccccc2c1. The Morgan fingerprint density at radius 3 is 2.43 bits per heavy atom. The molecule has 3 aromatic rings. The van der Waals surface area contributed by atoms with Gasteiger partial charge in [0.15, 0.2) is 0 Å². The van der Waals surface area contributed by atoms with E-state index in [1.807, 2.05) is 42.5 Å². The van der Waals surface area contributed by atoms with Crippen molar-refractivity contribution in [2.45, 2.75) is 0 Å². The van der Waals surface area contributed by atoms with Crippen molar-refractivity contribution in [3.8, 4) is 5.75 Å². The number of halogens is 1. The van der Waals surface area contributed by atoms with Crippen molar-refractivity contribution in [1.29, 1.82) is 0 Å². The van der Waals surface area contributed by atoms with Gasteiger partial charge in [-0.05, 0) is 40.1 Å². The normalized spacial score (nSPS) is 11.2. The fourth-order valence-electron chi connectivity index (χ4n) is 2.48. The summed E-state index contributed by atoms with van der Waals surface area (Å²) >= 11 is 5.90. The molecule has 0 aliphatic heterocycles. The van der Waals surface area contributed by atoms with E-state index in [-0.39, 0.29) is 16.3 Å². The first-order valence-electron chi connectivity index (χ1n) is 6.97. The van der Waals surface area contributed by atoms with Gasteiger partial charge in [0.25, 0.3) is 0 Å². The van der Waals surface area contributed by atoms with Crippen LogP contribution < -0.4 is 0 Å². The number of phenols is 1. The molecule has 0 aromatic heterocycles. The highest BCUT2D eigenvalue weighted by molar-refractivity contribution is 6.31. The molecule has 0 fully saturated rings. The Kier molecular flexibility index (Phi) is 4.04. The van der Waals surface area contributed by atoms with E-state index in [0.29, 0.717) is 5.56 Å². The average molecular weight is 325 g/mol. The number of carboxylic acid groups (broad SMARTS) is 1.